The summed E-state index contributed by atoms with van der Waals surface area (Å²) in [6.07, 6.45) is 2.38. The van der Waals surface area contributed by atoms with Gasteiger partial charge in [-0.1, -0.05) is 22.0 Å². The fourth-order valence-electron chi connectivity index (χ4n) is 2.30. The second kappa shape index (κ2) is 3.65. The number of nitrogens with one attached hydrogen (secondary N) is 2. The first-order valence-corrected chi connectivity index (χ1v) is 6.13. The molecule has 15 heavy (non-hydrogen) atoms. The normalized spacial score (nSPS) is 16.3. The number of aromatic nitrogens is 1. The lowest BCUT2D eigenvalue weighted by molar-refractivity contribution is 0.680. The summed E-state index contributed by atoms with van der Waals surface area (Å²) in [5.41, 5.74) is 4.11. The number of aryl methyl sites for hydroxylation is 1. The molecule has 1 aromatic heterocycles. The molecule has 2 heterocycles. The predicted molar refractivity (Wildman–Crippen MR) is 66.0 cm³/mol. The molecular weight excluding hydrogens is 252 g/mol. The van der Waals surface area contributed by atoms with Gasteiger partial charge in [0.25, 0.3) is 0 Å². The molecule has 0 spiro atoms. The van der Waals surface area contributed by atoms with Crippen molar-refractivity contribution < 1.29 is 0 Å². The van der Waals surface area contributed by atoms with Gasteiger partial charge >= 0.3 is 0 Å². The van der Waals surface area contributed by atoms with E-state index in [4.69, 9.17) is 0 Å². The SMILES string of the molecule is Brc1ccc2c3c([nH]c2c1)CCCNC3. The molecule has 0 bridgehead atoms. The van der Waals surface area contributed by atoms with Crippen molar-refractivity contribution in [3.8, 4) is 0 Å². The van der Waals surface area contributed by atoms with Crippen molar-refractivity contribution >= 4 is 26.8 Å². The molecule has 0 amide bonds. The Hall–Kier alpha value is -0.800. The second-order valence-electron chi connectivity index (χ2n) is 4.05. The lowest BCUT2D eigenvalue weighted by Crippen LogP contribution is -2.11. The van der Waals surface area contributed by atoms with E-state index < -0.39 is 0 Å². The van der Waals surface area contributed by atoms with Crippen molar-refractivity contribution in [1.82, 2.24) is 10.3 Å². The maximum atomic E-state index is 3.53. The summed E-state index contributed by atoms with van der Waals surface area (Å²) in [6.45, 7) is 2.12. The summed E-state index contributed by atoms with van der Waals surface area (Å²) in [6, 6.07) is 6.47. The quantitative estimate of drug-likeness (QED) is 0.753. The Labute approximate surface area is 97.2 Å². The highest BCUT2D eigenvalue weighted by Crippen LogP contribution is 2.27. The summed E-state index contributed by atoms with van der Waals surface area (Å²) in [5.74, 6) is 0. The number of fused-ring (bicyclic) bond motifs is 3. The van der Waals surface area contributed by atoms with Gasteiger partial charge in [0.05, 0.1) is 0 Å². The molecule has 1 aliphatic heterocycles. The number of halogens is 1. The van der Waals surface area contributed by atoms with Gasteiger partial charge in [-0.2, -0.15) is 0 Å². The second-order valence-corrected chi connectivity index (χ2v) is 4.97. The van der Waals surface area contributed by atoms with Crippen LogP contribution < -0.4 is 5.32 Å². The van der Waals surface area contributed by atoms with Crippen LogP contribution in [0.5, 0.6) is 0 Å². The van der Waals surface area contributed by atoms with Gasteiger partial charge in [-0.05, 0) is 37.1 Å². The van der Waals surface area contributed by atoms with Gasteiger partial charge in [0.2, 0.25) is 0 Å². The smallest absolute Gasteiger partial charge is 0.0470 e. The first-order valence-electron chi connectivity index (χ1n) is 5.34. The Balaban J connectivity index is 2.23. The van der Waals surface area contributed by atoms with Gasteiger partial charge in [0, 0.05) is 27.6 Å². The summed E-state index contributed by atoms with van der Waals surface area (Å²) < 4.78 is 1.14. The molecule has 1 aliphatic rings. The number of aromatic amines is 1. The third kappa shape index (κ3) is 1.60. The average molecular weight is 265 g/mol. The van der Waals surface area contributed by atoms with E-state index in [0.717, 1.165) is 24.0 Å². The zero-order valence-corrected chi connectivity index (χ0v) is 10.0. The molecule has 0 saturated heterocycles. The lowest BCUT2D eigenvalue weighted by Gasteiger charge is -1.99. The molecule has 0 fully saturated rings. The number of hydrogen-bond donors (Lipinski definition) is 2. The molecule has 2 aromatic rings. The first-order chi connectivity index (χ1) is 7.34. The molecule has 0 unspecified atom stereocenters. The Kier molecular flexibility index (Phi) is 2.29. The molecule has 2 nitrogen and oxygen atoms in total. The molecule has 3 heteroatoms. The van der Waals surface area contributed by atoms with Crippen molar-refractivity contribution in [3.63, 3.8) is 0 Å². The standard InChI is InChI=1S/C12H13BrN2/c13-8-3-4-9-10-7-14-5-1-2-11(10)15-12(9)6-8/h3-4,6,14-15H,1-2,5,7H2. The van der Waals surface area contributed by atoms with E-state index in [2.05, 4.69) is 44.4 Å². The van der Waals surface area contributed by atoms with E-state index in [9.17, 15) is 0 Å². The van der Waals surface area contributed by atoms with Crippen LogP contribution in [0.25, 0.3) is 10.9 Å². The zero-order valence-electron chi connectivity index (χ0n) is 8.44. The maximum absolute atomic E-state index is 3.53. The highest BCUT2D eigenvalue weighted by Gasteiger charge is 2.13. The lowest BCUT2D eigenvalue weighted by atomic mass is 10.1. The molecular formula is C12H13BrN2. The molecule has 3 rings (SSSR count). The van der Waals surface area contributed by atoms with Crippen LogP contribution in [-0.2, 0) is 13.0 Å². The zero-order chi connectivity index (χ0) is 10.3. The van der Waals surface area contributed by atoms with E-state index >= 15 is 0 Å². The molecule has 78 valence electrons. The van der Waals surface area contributed by atoms with Crippen LogP contribution in [0.2, 0.25) is 0 Å². The number of rotatable bonds is 0. The number of H-pyrrole nitrogens is 1. The van der Waals surface area contributed by atoms with Gasteiger partial charge in [-0.15, -0.1) is 0 Å². The fourth-order valence-corrected chi connectivity index (χ4v) is 2.66. The van der Waals surface area contributed by atoms with Crippen molar-refractivity contribution in [3.05, 3.63) is 33.9 Å². The van der Waals surface area contributed by atoms with Crippen LogP contribution in [0.15, 0.2) is 22.7 Å². The molecule has 2 N–H and O–H groups in total. The Morgan fingerprint density at radius 1 is 1.27 bits per heavy atom. The van der Waals surface area contributed by atoms with Crippen LogP contribution in [0.1, 0.15) is 17.7 Å². The van der Waals surface area contributed by atoms with Crippen LogP contribution in [0.4, 0.5) is 0 Å². The van der Waals surface area contributed by atoms with Crippen LogP contribution in [0.3, 0.4) is 0 Å². The van der Waals surface area contributed by atoms with Crippen molar-refractivity contribution in [2.75, 3.05) is 6.54 Å². The van der Waals surface area contributed by atoms with Crippen LogP contribution >= 0.6 is 15.9 Å². The summed E-state index contributed by atoms with van der Waals surface area (Å²) in [4.78, 5) is 3.53. The van der Waals surface area contributed by atoms with Crippen LogP contribution in [-0.4, -0.2) is 11.5 Å². The Morgan fingerprint density at radius 3 is 3.13 bits per heavy atom. The van der Waals surface area contributed by atoms with Crippen LogP contribution in [0, 0.1) is 0 Å². The summed E-state index contributed by atoms with van der Waals surface area (Å²) in [5, 5.41) is 4.83. The van der Waals surface area contributed by atoms with E-state index in [1.54, 1.807) is 0 Å². The van der Waals surface area contributed by atoms with E-state index in [1.807, 2.05) is 0 Å². The highest BCUT2D eigenvalue weighted by molar-refractivity contribution is 9.10. The van der Waals surface area contributed by atoms with E-state index in [-0.39, 0.29) is 0 Å². The minimum absolute atomic E-state index is 0.997. The van der Waals surface area contributed by atoms with Crippen molar-refractivity contribution in [2.24, 2.45) is 0 Å². The minimum Gasteiger partial charge on any atom is -0.358 e. The third-order valence-electron chi connectivity index (χ3n) is 3.04. The Bertz CT molecular complexity index is 502. The topological polar surface area (TPSA) is 27.8 Å². The Morgan fingerprint density at radius 2 is 2.20 bits per heavy atom. The molecule has 0 saturated carbocycles. The molecule has 0 atom stereocenters. The van der Waals surface area contributed by atoms with Crippen molar-refractivity contribution in [1.29, 1.82) is 0 Å². The van der Waals surface area contributed by atoms with E-state index in [0.29, 0.717) is 0 Å². The third-order valence-corrected chi connectivity index (χ3v) is 3.53. The van der Waals surface area contributed by atoms with Gasteiger partial charge in [0.15, 0.2) is 0 Å². The van der Waals surface area contributed by atoms with Gasteiger partial charge < -0.3 is 10.3 Å². The molecule has 0 aliphatic carbocycles. The average Bonchev–Trinajstić information content (AvgIpc) is 2.42. The van der Waals surface area contributed by atoms with Crippen molar-refractivity contribution in [2.45, 2.75) is 19.4 Å². The largest absolute Gasteiger partial charge is 0.358 e. The van der Waals surface area contributed by atoms with Gasteiger partial charge in [-0.3, -0.25) is 0 Å². The predicted octanol–water partition coefficient (Wildman–Crippen LogP) is 2.97. The summed E-state index contributed by atoms with van der Waals surface area (Å²) >= 11 is 3.51. The number of benzene rings is 1. The first kappa shape index (κ1) is 9.43. The fraction of sp³-hybridized carbons (Fsp3) is 0.333. The summed E-state index contributed by atoms with van der Waals surface area (Å²) in [7, 11) is 0. The molecule has 1 aromatic carbocycles. The monoisotopic (exact) mass is 264 g/mol. The minimum atomic E-state index is 0.997. The highest BCUT2D eigenvalue weighted by atomic mass is 79.9. The number of hydrogen-bond acceptors (Lipinski definition) is 1. The molecule has 0 radical (unpaired) electrons. The maximum Gasteiger partial charge on any atom is 0.0470 e. The van der Waals surface area contributed by atoms with Gasteiger partial charge in [0.1, 0.15) is 0 Å². The van der Waals surface area contributed by atoms with E-state index in [1.165, 1.54) is 28.6 Å². The van der Waals surface area contributed by atoms with Gasteiger partial charge in [-0.25, -0.2) is 0 Å².